The number of aryl methyl sites for hydroxylation is 1. The second-order valence-corrected chi connectivity index (χ2v) is 6.73. The standard InChI is InChI=1S/C21H34N4O/c1-3-8-18(12-16-26)17-24-21(22-4-2)23-13-7-14-25-15-11-19-9-5-6-10-20(19)25/h5-6,9-11,15,18,26H,3-4,7-8,12-14,16-17H2,1-2H3,(H2,22,23,24). The summed E-state index contributed by atoms with van der Waals surface area (Å²) in [6, 6.07) is 10.7. The van der Waals surface area contributed by atoms with Crippen molar-refractivity contribution in [3.63, 3.8) is 0 Å². The van der Waals surface area contributed by atoms with Crippen molar-refractivity contribution in [2.24, 2.45) is 10.9 Å². The van der Waals surface area contributed by atoms with Crippen molar-refractivity contribution in [1.29, 1.82) is 0 Å². The van der Waals surface area contributed by atoms with E-state index >= 15 is 0 Å². The number of aliphatic hydroxyl groups excluding tert-OH is 1. The number of hydrogen-bond donors (Lipinski definition) is 3. The molecule has 5 nitrogen and oxygen atoms in total. The normalized spacial score (nSPS) is 13.1. The number of aliphatic hydroxyl groups is 1. The Morgan fingerprint density at radius 3 is 2.77 bits per heavy atom. The first kappa shape index (κ1) is 20.3. The summed E-state index contributed by atoms with van der Waals surface area (Å²) >= 11 is 0. The Hall–Kier alpha value is -2.01. The number of nitrogens with one attached hydrogen (secondary N) is 2. The molecule has 2 aromatic rings. The predicted molar refractivity (Wildman–Crippen MR) is 111 cm³/mol. The van der Waals surface area contributed by atoms with Crippen molar-refractivity contribution in [1.82, 2.24) is 15.2 Å². The van der Waals surface area contributed by atoms with E-state index in [0.717, 1.165) is 57.8 Å². The molecule has 1 heterocycles. The van der Waals surface area contributed by atoms with Crippen LogP contribution in [-0.2, 0) is 6.54 Å². The molecule has 26 heavy (non-hydrogen) atoms. The maximum Gasteiger partial charge on any atom is 0.191 e. The molecule has 0 aliphatic heterocycles. The summed E-state index contributed by atoms with van der Waals surface area (Å²) < 4.78 is 2.31. The summed E-state index contributed by atoms with van der Waals surface area (Å²) in [5, 5.41) is 17.2. The Morgan fingerprint density at radius 2 is 2.00 bits per heavy atom. The Kier molecular flexibility index (Phi) is 9.04. The van der Waals surface area contributed by atoms with Gasteiger partial charge < -0.3 is 20.3 Å². The van der Waals surface area contributed by atoms with Gasteiger partial charge in [0.2, 0.25) is 0 Å². The smallest absolute Gasteiger partial charge is 0.191 e. The molecular weight excluding hydrogens is 324 g/mol. The summed E-state index contributed by atoms with van der Waals surface area (Å²) in [6.07, 6.45) is 6.28. The Bertz CT molecular complexity index is 659. The average molecular weight is 359 g/mol. The number of benzene rings is 1. The fourth-order valence-electron chi connectivity index (χ4n) is 3.27. The van der Waals surface area contributed by atoms with Gasteiger partial charge in [-0.3, -0.25) is 4.99 Å². The molecule has 2 rings (SSSR count). The van der Waals surface area contributed by atoms with Crippen molar-refractivity contribution >= 4 is 16.9 Å². The minimum absolute atomic E-state index is 0.245. The summed E-state index contributed by atoms with van der Waals surface area (Å²) in [4.78, 5) is 4.71. The number of rotatable bonds is 11. The first-order valence-corrected chi connectivity index (χ1v) is 9.95. The predicted octanol–water partition coefficient (Wildman–Crippen LogP) is 3.39. The molecule has 0 aliphatic rings. The lowest BCUT2D eigenvalue weighted by Gasteiger charge is -2.15. The molecule has 1 aromatic carbocycles. The number of hydrogen-bond acceptors (Lipinski definition) is 2. The Balaban J connectivity index is 1.81. The van der Waals surface area contributed by atoms with Gasteiger partial charge in [-0.25, -0.2) is 0 Å². The highest BCUT2D eigenvalue weighted by molar-refractivity contribution is 5.80. The van der Waals surface area contributed by atoms with E-state index < -0.39 is 0 Å². The molecule has 1 unspecified atom stereocenters. The molecule has 0 bridgehead atoms. The fourth-order valence-corrected chi connectivity index (χ4v) is 3.27. The van der Waals surface area contributed by atoms with Crippen LogP contribution in [0.25, 0.3) is 10.9 Å². The topological polar surface area (TPSA) is 61.6 Å². The zero-order valence-corrected chi connectivity index (χ0v) is 16.2. The summed E-state index contributed by atoms with van der Waals surface area (Å²) in [5.74, 6) is 1.34. The quantitative estimate of drug-likeness (QED) is 0.328. The molecule has 0 amide bonds. The number of para-hydroxylation sites is 1. The van der Waals surface area contributed by atoms with Gasteiger partial charge >= 0.3 is 0 Å². The lowest BCUT2D eigenvalue weighted by molar-refractivity contribution is 0.253. The molecule has 0 fully saturated rings. The van der Waals surface area contributed by atoms with Gasteiger partial charge in [-0.2, -0.15) is 0 Å². The van der Waals surface area contributed by atoms with Crippen LogP contribution < -0.4 is 10.6 Å². The van der Waals surface area contributed by atoms with Gasteiger partial charge in [-0.15, -0.1) is 0 Å². The number of aliphatic imine (C=N–C) groups is 1. The Morgan fingerprint density at radius 1 is 1.15 bits per heavy atom. The van der Waals surface area contributed by atoms with E-state index in [0.29, 0.717) is 5.92 Å². The van der Waals surface area contributed by atoms with Gasteiger partial charge in [0.05, 0.1) is 0 Å². The van der Waals surface area contributed by atoms with Crippen LogP contribution in [0.3, 0.4) is 0 Å². The van der Waals surface area contributed by atoms with Crippen LogP contribution in [0.4, 0.5) is 0 Å². The van der Waals surface area contributed by atoms with E-state index in [1.54, 1.807) is 0 Å². The summed E-state index contributed by atoms with van der Waals surface area (Å²) in [5.41, 5.74) is 1.29. The molecule has 3 N–H and O–H groups in total. The molecular formula is C21H34N4O. The summed E-state index contributed by atoms with van der Waals surface area (Å²) in [7, 11) is 0. The largest absolute Gasteiger partial charge is 0.396 e. The van der Waals surface area contributed by atoms with Crippen LogP contribution >= 0.6 is 0 Å². The van der Waals surface area contributed by atoms with Gasteiger partial charge in [0, 0.05) is 44.5 Å². The van der Waals surface area contributed by atoms with Gasteiger partial charge in [0.25, 0.3) is 0 Å². The van der Waals surface area contributed by atoms with Crippen LogP contribution in [0.5, 0.6) is 0 Å². The molecule has 5 heteroatoms. The van der Waals surface area contributed by atoms with Crippen LogP contribution in [-0.4, -0.2) is 41.9 Å². The van der Waals surface area contributed by atoms with Gasteiger partial charge in [0.1, 0.15) is 0 Å². The summed E-state index contributed by atoms with van der Waals surface area (Å²) in [6.45, 7) is 8.01. The van der Waals surface area contributed by atoms with E-state index in [4.69, 9.17) is 4.99 Å². The highest BCUT2D eigenvalue weighted by atomic mass is 16.3. The third-order valence-electron chi connectivity index (χ3n) is 4.63. The second kappa shape index (κ2) is 11.6. The highest BCUT2D eigenvalue weighted by Crippen LogP contribution is 2.15. The maximum atomic E-state index is 9.19. The second-order valence-electron chi connectivity index (χ2n) is 6.73. The molecule has 1 aromatic heterocycles. The van der Waals surface area contributed by atoms with Crippen LogP contribution in [0.2, 0.25) is 0 Å². The van der Waals surface area contributed by atoms with Crippen LogP contribution in [0.1, 0.15) is 39.5 Å². The fraction of sp³-hybridized carbons (Fsp3) is 0.571. The Labute approximate surface area is 157 Å². The van der Waals surface area contributed by atoms with Crippen molar-refractivity contribution in [2.75, 3.05) is 26.2 Å². The number of fused-ring (bicyclic) bond motifs is 1. The molecule has 0 aliphatic carbocycles. The maximum absolute atomic E-state index is 9.19. The molecule has 0 radical (unpaired) electrons. The minimum Gasteiger partial charge on any atom is -0.396 e. The lowest BCUT2D eigenvalue weighted by Crippen LogP contribution is -2.38. The first-order chi connectivity index (χ1) is 12.8. The monoisotopic (exact) mass is 358 g/mol. The minimum atomic E-state index is 0.245. The van der Waals surface area contributed by atoms with Gasteiger partial charge in [-0.1, -0.05) is 31.5 Å². The SMILES string of the molecule is CCCC(CCO)CN=C(NCC)NCCCn1ccc2ccccc21. The third kappa shape index (κ3) is 6.37. The highest BCUT2D eigenvalue weighted by Gasteiger charge is 2.07. The van der Waals surface area contributed by atoms with Gasteiger partial charge in [0.15, 0.2) is 5.96 Å². The zero-order valence-electron chi connectivity index (χ0n) is 16.2. The van der Waals surface area contributed by atoms with Crippen molar-refractivity contribution in [3.05, 3.63) is 36.5 Å². The number of guanidine groups is 1. The van der Waals surface area contributed by atoms with Crippen molar-refractivity contribution < 1.29 is 5.11 Å². The van der Waals surface area contributed by atoms with Gasteiger partial charge in [-0.05, 0) is 49.6 Å². The van der Waals surface area contributed by atoms with Crippen molar-refractivity contribution in [2.45, 2.75) is 46.1 Å². The van der Waals surface area contributed by atoms with Crippen LogP contribution in [0, 0.1) is 5.92 Å². The number of nitrogens with zero attached hydrogens (tertiary/aromatic N) is 2. The molecule has 144 valence electrons. The van der Waals surface area contributed by atoms with Crippen LogP contribution in [0.15, 0.2) is 41.5 Å². The van der Waals surface area contributed by atoms with E-state index in [2.05, 4.69) is 65.6 Å². The molecule has 0 saturated carbocycles. The third-order valence-corrected chi connectivity index (χ3v) is 4.63. The lowest BCUT2D eigenvalue weighted by atomic mass is 10.0. The van der Waals surface area contributed by atoms with E-state index in [1.807, 2.05) is 0 Å². The van der Waals surface area contributed by atoms with E-state index in [9.17, 15) is 5.11 Å². The first-order valence-electron chi connectivity index (χ1n) is 9.95. The number of aromatic nitrogens is 1. The average Bonchev–Trinajstić information content (AvgIpc) is 3.06. The molecule has 0 saturated heterocycles. The van der Waals surface area contributed by atoms with E-state index in [-0.39, 0.29) is 6.61 Å². The van der Waals surface area contributed by atoms with Crippen molar-refractivity contribution in [3.8, 4) is 0 Å². The van der Waals surface area contributed by atoms with E-state index in [1.165, 1.54) is 10.9 Å². The zero-order chi connectivity index (χ0) is 18.6. The molecule has 0 spiro atoms. The molecule has 1 atom stereocenters.